The number of carbonyl (C=O) groups is 1. The van der Waals surface area contributed by atoms with E-state index in [0.29, 0.717) is 6.10 Å². The minimum absolute atomic E-state index is 0.130. The van der Waals surface area contributed by atoms with Crippen LogP contribution in [0.4, 0.5) is 0 Å². The standard InChI is InChI=1S/C17H16O2S/c18-17(16-10-11-3-2-6-15(11)20-16)12-4-1-5-14(9-12)19-13-7-8-13/h1,4-5,9-10,13H,2-3,6-8H2. The fraction of sp³-hybridized carbons (Fsp3) is 0.353. The molecule has 20 heavy (non-hydrogen) atoms. The van der Waals surface area contributed by atoms with Gasteiger partial charge in [0.15, 0.2) is 0 Å². The molecule has 1 fully saturated rings. The molecule has 1 aromatic carbocycles. The van der Waals surface area contributed by atoms with Crippen molar-refractivity contribution in [3.05, 3.63) is 51.2 Å². The number of ether oxygens (including phenoxy) is 1. The zero-order valence-corrected chi connectivity index (χ0v) is 12.0. The fourth-order valence-electron chi connectivity index (χ4n) is 2.67. The van der Waals surface area contributed by atoms with E-state index in [9.17, 15) is 4.79 Å². The quantitative estimate of drug-likeness (QED) is 0.793. The van der Waals surface area contributed by atoms with E-state index in [2.05, 4.69) is 6.07 Å². The third-order valence-corrected chi connectivity index (χ3v) is 5.13. The summed E-state index contributed by atoms with van der Waals surface area (Å²) < 4.78 is 5.76. The van der Waals surface area contributed by atoms with Gasteiger partial charge in [0.25, 0.3) is 0 Å². The van der Waals surface area contributed by atoms with E-state index in [1.165, 1.54) is 16.9 Å². The lowest BCUT2D eigenvalue weighted by molar-refractivity contribution is 0.104. The summed E-state index contributed by atoms with van der Waals surface area (Å²) in [5, 5.41) is 0. The topological polar surface area (TPSA) is 26.3 Å². The van der Waals surface area contributed by atoms with Crippen LogP contribution >= 0.6 is 11.3 Å². The number of thiophene rings is 1. The van der Waals surface area contributed by atoms with Gasteiger partial charge in [-0.25, -0.2) is 0 Å². The molecule has 0 amide bonds. The Labute approximate surface area is 122 Å². The van der Waals surface area contributed by atoms with E-state index >= 15 is 0 Å². The maximum Gasteiger partial charge on any atom is 0.203 e. The van der Waals surface area contributed by atoms with Crippen LogP contribution in [-0.2, 0) is 12.8 Å². The molecule has 0 unspecified atom stereocenters. The monoisotopic (exact) mass is 284 g/mol. The number of aryl methyl sites for hydroxylation is 2. The number of carbonyl (C=O) groups excluding carboxylic acids is 1. The number of fused-ring (bicyclic) bond motifs is 1. The number of hydrogen-bond acceptors (Lipinski definition) is 3. The third-order valence-electron chi connectivity index (χ3n) is 3.89. The van der Waals surface area contributed by atoms with Crippen LogP contribution in [0.5, 0.6) is 5.75 Å². The Kier molecular flexibility index (Phi) is 2.88. The summed E-state index contributed by atoms with van der Waals surface area (Å²) in [7, 11) is 0. The third kappa shape index (κ3) is 2.27. The number of benzene rings is 1. The first-order valence-corrected chi connectivity index (χ1v) is 8.04. The first-order valence-electron chi connectivity index (χ1n) is 7.22. The average Bonchev–Trinajstić information content (AvgIpc) is 3.00. The molecule has 0 radical (unpaired) electrons. The van der Waals surface area contributed by atoms with Crippen LogP contribution in [-0.4, -0.2) is 11.9 Å². The largest absolute Gasteiger partial charge is 0.490 e. The van der Waals surface area contributed by atoms with Gasteiger partial charge in [-0.15, -0.1) is 11.3 Å². The molecule has 0 bridgehead atoms. The van der Waals surface area contributed by atoms with Crippen LogP contribution < -0.4 is 4.74 Å². The lowest BCUT2D eigenvalue weighted by Gasteiger charge is -2.05. The number of hydrogen-bond donors (Lipinski definition) is 0. The van der Waals surface area contributed by atoms with Crippen molar-refractivity contribution >= 4 is 17.1 Å². The summed E-state index contributed by atoms with van der Waals surface area (Å²) in [4.78, 5) is 14.8. The second-order valence-corrected chi connectivity index (χ2v) is 6.72. The van der Waals surface area contributed by atoms with Gasteiger partial charge in [0.05, 0.1) is 11.0 Å². The first kappa shape index (κ1) is 12.2. The summed E-state index contributed by atoms with van der Waals surface area (Å²) >= 11 is 1.67. The van der Waals surface area contributed by atoms with Crippen molar-refractivity contribution in [3.8, 4) is 5.75 Å². The van der Waals surface area contributed by atoms with Crippen molar-refractivity contribution in [2.45, 2.75) is 38.2 Å². The summed E-state index contributed by atoms with van der Waals surface area (Å²) in [6.07, 6.45) is 6.14. The van der Waals surface area contributed by atoms with Crippen LogP contribution in [0.2, 0.25) is 0 Å². The second-order valence-electron chi connectivity index (χ2n) is 5.59. The van der Waals surface area contributed by atoms with Gasteiger partial charge < -0.3 is 4.74 Å². The van der Waals surface area contributed by atoms with Crippen molar-refractivity contribution in [2.24, 2.45) is 0 Å². The highest BCUT2D eigenvalue weighted by atomic mass is 32.1. The number of rotatable bonds is 4. The molecule has 1 saturated carbocycles. The Morgan fingerprint density at radius 1 is 1.20 bits per heavy atom. The van der Waals surface area contributed by atoms with Gasteiger partial charge in [0.2, 0.25) is 5.78 Å². The summed E-state index contributed by atoms with van der Waals surface area (Å²) in [5.41, 5.74) is 2.12. The Bertz CT molecular complexity index is 646. The molecule has 102 valence electrons. The molecule has 2 aromatic rings. The lowest BCUT2D eigenvalue weighted by atomic mass is 10.1. The molecule has 2 aliphatic carbocycles. The van der Waals surface area contributed by atoms with Crippen molar-refractivity contribution in [1.29, 1.82) is 0 Å². The average molecular weight is 284 g/mol. The van der Waals surface area contributed by atoms with Gasteiger partial charge in [-0.3, -0.25) is 4.79 Å². The molecule has 0 aliphatic heterocycles. The Hall–Kier alpha value is -1.61. The lowest BCUT2D eigenvalue weighted by Crippen LogP contribution is -2.01. The SMILES string of the molecule is O=C(c1cccc(OC2CC2)c1)c1cc2c(s1)CCC2. The highest BCUT2D eigenvalue weighted by Crippen LogP contribution is 2.32. The maximum atomic E-state index is 12.6. The van der Waals surface area contributed by atoms with E-state index in [1.807, 2.05) is 24.3 Å². The van der Waals surface area contributed by atoms with E-state index in [4.69, 9.17) is 4.74 Å². The predicted molar refractivity (Wildman–Crippen MR) is 79.9 cm³/mol. The van der Waals surface area contributed by atoms with Crippen molar-refractivity contribution < 1.29 is 9.53 Å². The fourth-order valence-corrected chi connectivity index (χ4v) is 3.89. The maximum absolute atomic E-state index is 12.6. The van der Waals surface area contributed by atoms with Gasteiger partial charge in [-0.05, 0) is 55.9 Å². The second kappa shape index (κ2) is 4.74. The normalized spacial score (nSPS) is 17.0. The van der Waals surface area contributed by atoms with Gasteiger partial charge in [-0.1, -0.05) is 12.1 Å². The van der Waals surface area contributed by atoms with E-state index in [-0.39, 0.29) is 5.78 Å². The van der Waals surface area contributed by atoms with E-state index < -0.39 is 0 Å². The summed E-state index contributed by atoms with van der Waals surface area (Å²) in [6.45, 7) is 0. The molecule has 0 saturated heterocycles. The van der Waals surface area contributed by atoms with Gasteiger partial charge in [-0.2, -0.15) is 0 Å². The van der Waals surface area contributed by atoms with Crippen LogP contribution in [0.25, 0.3) is 0 Å². The number of ketones is 1. The van der Waals surface area contributed by atoms with Crippen molar-refractivity contribution in [2.75, 3.05) is 0 Å². The molecule has 2 aliphatic rings. The highest BCUT2D eigenvalue weighted by molar-refractivity contribution is 7.14. The van der Waals surface area contributed by atoms with Crippen molar-refractivity contribution in [3.63, 3.8) is 0 Å². The molecule has 0 spiro atoms. The Morgan fingerprint density at radius 2 is 2.10 bits per heavy atom. The molecule has 1 aromatic heterocycles. The first-order chi connectivity index (χ1) is 9.79. The molecule has 1 heterocycles. The van der Waals surface area contributed by atoms with Crippen LogP contribution in [0, 0.1) is 0 Å². The molecule has 4 rings (SSSR count). The Balaban J connectivity index is 1.60. The van der Waals surface area contributed by atoms with Crippen LogP contribution in [0.1, 0.15) is 44.9 Å². The summed E-state index contributed by atoms with van der Waals surface area (Å²) in [5.74, 6) is 0.952. The van der Waals surface area contributed by atoms with Gasteiger partial charge in [0, 0.05) is 10.4 Å². The highest BCUT2D eigenvalue weighted by Gasteiger charge is 2.24. The van der Waals surface area contributed by atoms with E-state index in [0.717, 1.165) is 41.9 Å². The minimum Gasteiger partial charge on any atom is -0.490 e. The molecular formula is C17H16O2S. The zero-order chi connectivity index (χ0) is 13.5. The molecule has 3 heteroatoms. The smallest absolute Gasteiger partial charge is 0.203 e. The van der Waals surface area contributed by atoms with Crippen molar-refractivity contribution in [1.82, 2.24) is 0 Å². The summed E-state index contributed by atoms with van der Waals surface area (Å²) in [6, 6.07) is 9.69. The molecule has 0 N–H and O–H groups in total. The van der Waals surface area contributed by atoms with Crippen LogP contribution in [0.15, 0.2) is 30.3 Å². The Morgan fingerprint density at radius 3 is 2.90 bits per heavy atom. The van der Waals surface area contributed by atoms with Gasteiger partial charge in [0.1, 0.15) is 5.75 Å². The molecule has 0 atom stereocenters. The van der Waals surface area contributed by atoms with Gasteiger partial charge >= 0.3 is 0 Å². The zero-order valence-electron chi connectivity index (χ0n) is 11.2. The van der Waals surface area contributed by atoms with Crippen LogP contribution in [0.3, 0.4) is 0 Å². The minimum atomic E-state index is 0.130. The van der Waals surface area contributed by atoms with E-state index in [1.54, 1.807) is 11.3 Å². The molecule has 2 nitrogen and oxygen atoms in total. The predicted octanol–water partition coefficient (Wildman–Crippen LogP) is 4.01. The molecular weight excluding hydrogens is 268 g/mol.